The van der Waals surface area contributed by atoms with Crippen LogP contribution < -0.4 is 81.0 Å². The van der Waals surface area contributed by atoms with Crippen molar-refractivity contribution in [3.63, 3.8) is 0 Å². The lowest BCUT2D eigenvalue weighted by Gasteiger charge is -2.32. The van der Waals surface area contributed by atoms with Crippen molar-refractivity contribution in [1.82, 2.24) is 73.7 Å². The predicted molar refractivity (Wildman–Crippen MR) is 397 cm³/mol. The quantitative estimate of drug-likeness (QED) is 0.0223. The van der Waals surface area contributed by atoms with Crippen LogP contribution in [0, 0.1) is 11.8 Å². The Bertz CT molecular complexity index is 3790. The van der Waals surface area contributed by atoms with Crippen molar-refractivity contribution >= 4 is 129 Å². The maximum Gasteiger partial charge on any atom is 0.335 e. The van der Waals surface area contributed by atoms with Gasteiger partial charge in [0.2, 0.25) is 88.6 Å². The van der Waals surface area contributed by atoms with Crippen molar-refractivity contribution in [1.29, 1.82) is 0 Å². The van der Waals surface area contributed by atoms with Crippen molar-refractivity contribution < 1.29 is 126 Å². The number of carboxylic acids is 4. The van der Waals surface area contributed by atoms with Gasteiger partial charge in [0.05, 0.1) is 38.8 Å². The van der Waals surface area contributed by atoms with E-state index in [9.17, 15) is 116 Å². The van der Waals surface area contributed by atoms with Gasteiger partial charge in [0, 0.05) is 50.5 Å². The molecule has 43 heteroatoms. The number of cyclic esters (lactones) is 1. The molecule has 0 saturated carbocycles. The number of hydrogen-bond acceptors (Lipinski definition) is 23. The highest BCUT2D eigenvalue weighted by atomic mass is 16.5. The minimum absolute atomic E-state index is 0.00519. The van der Waals surface area contributed by atoms with E-state index in [1.807, 2.05) is 5.32 Å². The molecule has 0 spiro atoms. The number of nitrogens with one attached hydrogen (secondary N) is 13. The molecule has 23 N–H and O–H groups in total. The molecule has 0 aliphatic carbocycles. The van der Waals surface area contributed by atoms with Gasteiger partial charge in [-0.15, -0.1) is 0 Å². The van der Waals surface area contributed by atoms with E-state index in [1.54, 1.807) is 30.5 Å². The summed E-state index contributed by atoms with van der Waals surface area (Å²) in [6.07, 6.45) is -4.46. The van der Waals surface area contributed by atoms with E-state index in [-0.39, 0.29) is 38.6 Å². The zero-order valence-electron chi connectivity index (χ0n) is 64.6. The molecule has 2 aromatic rings. The molecule has 3 rings (SSSR count). The molecule has 0 unspecified atom stereocenters. The van der Waals surface area contributed by atoms with Gasteiger partial charge < -0.3 is 121 Å². The number of amides is 15. The Kier molecular flexibility index (Phi) is 40.6. The third-order valence-corrected chi connectivity index (χ3v) is 17.8. The van der Waals surface area contributed by atoms with Gasteiger partial charge in [-0.05, 0) is 76.0 Å². The number of ether oxygens (including phenoxy) is 2. The van der Waals surface area contributed by atoms with Gasteiger partial charge in [-0.2, -0.15) is 0 Å². The van der Waals surface area contributed by atoms with Crippen LogP contribution in [-0.4, -0.2) is 261 Å². The molecule has 114 heavy (non-hydrogen) atoms. The van der Waals surface area contributed by atoms with Crippen molar-refractivity contribution in [2.75, 3.05) is 33.8 Å². The number of aromatic amines is 1. The standard InChI is InChI=1S/C71H107N17O26/c1-34(2)18-12-10-9-11-13-22-50(91)78-43(26-38-31-75-40-20-15-14-19-39(38)40)63(103)83-45(28-49(74)90)65(105)84-47(30-55(98)99)67(107)86-57-37(6)114-71(112)56(35(3)4)85-62(102)42(23-24-53(94)95)81-64(104)44(27-48(73)89)79-51(92)32-76-68(108)58(59(113-8)70(110)111)87-61(101)41(21-16-17-25-72)80-66(106)46(29-54(96)97)82-60(100)36(5)77-52(93)33-88(7)69(57)109/h14-15,19-20,31,34-37,41-47,56-59,75H,9-13,16-18,21-30,32-33,72H2,1-8H3,(H2,73,89)(H2,74,90)(H,76,108)(H,77,93)(H,78,91)(H,79,92)(H,80,106)(H,81,104)(H,82,100)(H,83,103)(H,84,105)(H,85,102)(H,86,107)(H,87,101)(H,94,95)(H,96,97)(H,98,99)(H,110,111)/t36-,37-,41+,42-,43-,44+,45+,46-,47-,56-,57-,58-,59-/m0/s1. The lowest BCUT2D eigenvalue weighted by Crippen LogP contribution is -2.62. The van der Waals surface area contributed by atoms with Crippen LogP contribution in [-0.2, 0) is 112 Å². The number of benzene rings is 1. The molecule has 632 valence electrons. The summed E-state index contributed by atoms with van der Waals surface area (Å²) in [6, 6.07) is -15.1. The smallest absolute Gasteiger partial charge is 0.335 e. The van der Waals surface area contributed by atoms with Crippen LogP contribution in [0.2, 0.25) is 0 Å². The molecule has 2 heterocycles. The van der Waals surface area contributed by atoms with E-state index < -0.39 is 255 Å². The number of likely N-dealkylation sites (N-methyl/N-ethyl adjacent to an activating group) is 1. The molecule has 1 fully saturated rings. The minimum Gasteiger partial charge on any atom is -0.481 e. The molecule has 1 aliphatic rings. The van der Waals surface area contributed by atoms with Gasteiger partial charge >= 0.3 is 29.8 Å². The number of unbranched alkanes of at least 4 members (excludes halogenated alkanes) is 5. The number of para-hydroxylation sites is 1. The fraction of sp³-hybridized carbons (Fsp3) is 0.606. The second-order valence-electron chi connectivity index (χ2n) is 28.1. The zero-order valence-corrected chi connectivity index (χ0v) is 64.6. The number of methoxy groups -OCH3 is 1. The first-order valence-electron chi connectivity index (χ1n) is 36.8. The summed E-state index contributed by atoms with van der Waals surface area (Å²) in [6.45, 7) is 6.55. The second-order valence-corrected chi connectivity index (χ2v) is 28.1. The van der Waals surface area contributed by atoms with E-state index >= 15 is 0 Å². The molecular formula is C71H107N17O26. The summed E-state index contributed by atoms with van der Waals surface area (Å²) in [4.78, 5) is 276. The number of rotatable bonds is 36. The van der Waals surface area contributed by atoms with Gasteiger partial charge in [-0.3, -0.25) is 86.3 Å². The number of fused-ring (bicyclic) bond motifs is 1. The van der Waals surface area contributed by atoms with Crippen LogP contribution in [0.1, 0.15) is 150 Å². The van der Waals surface area contributed by atoms with Gasteiger partial charge in [0.15, 0.2) is 6.10 Å². The SMILES string of the molecule is CO[C@H](C(=O)O)[C@@H]1NC(=O)[C@@H](CCCCN)NC(=O)[C@H](CC(=O)O)NC(=O)[C@H](C)NC(=O)CN(C)C(=O)[C@@H](NC(=O)[C@H](CC(=O)O)NC(=O)[C@@H](CC(N)=O)NC(=O)[C@H](Cc2c[nH]c3ccccc23)NC(=O)CCCCCCCC(C)C)[C@H](C)OC(=O)[C@H](C(C)C)NC(=O)[C@H](CCC(=O)O)NC(=O)[C@@H](CC(N)=O)NC(=O)CNC1=O. The number of hydrogen-bond donors (Lipinski definition) is 20. The number of carbonyl (C=O) groups excluding carboxylic acids is 16. The Hall–Kier alpha value is -11.9. The number of esters is 1. The Morgan fingerprint density at radius 1 is 0.588 bits per heavy atom. The molecule has 1 aromatic heterocycles. The van der Waals surface area contributed by atoms with Crippen LogP contribution in [0.5, 0.6) is 0 Å². The predicted octanol–water partition coefficient (Wildman–Crippen LogP) is -5.58. The number of H-pyrrole nitrogens is 1. The molecule has 43 nitrogen and oxygen atoms in total. The van der Waals surface area contributed by atoms with Gasteiger partial charge in [0.1, 0.15) is 72.6 Å². The van der Waals surface area contributed by atoms with E-state index in [1.165, 1.54) is 13.8 Å². The number of nitrogens with zero attached hydrogens (tertiary/aromatic N) is 1. The number of aliphatic carboxylic acids is 4. The van der Waals surface area contributed by atoms with E-state index in [4.69, 9.17) is 26.7 Å². The molecule has 1 aliphatic heterocycles. The second kappa shape index (κ2) is 48.1. The van der Waals surface area contributed by atoms with Crippen molar-refractivity contribution in [2.45, 2.75) is 229 Å². The summed E-state index contributed by atoms with van der Waals surface area (Å²) < 4.78 is 10.7. The largest absolute Gasteiger partial charge is 0.481 e. The summed E-state index contributed by atoms with van der Waals surface area (Å²) in [7, 11) is 1.73. The van der Waals surface area contributed by atoms with Crippen molar-refractivity contribution in [3.05, 3.63) is 36.0 Å². The lowest BCUT2D eigenvalue weighted by atomic mass is 10.0. The van der Waals surface area contributed by atoms with Gasteiger partial charge in [0.25, 0.3) is 0 Å². The van der Waals surface area contributed by atoms with Crippen LogP contribution in [0.3, 0.4) is 0 Å². The molecule has 1 aromatic carbocycles. The highest BCUT2D eigenvalue weighted by Gasteiger charge is 2.42. The topological polar surface area (TPSA) is 682 Å². The monoisotopic (exact) mass is 1610 g/mol. The molecular weight excluding hydrogens is 1510 g/mol. The van der Waals surface area contributed by atoms with Crippen molar-refractivity contribution in [2.24, 2.45) is 29.0 Å². The number of carbonyl (C=O) groups is 20. The average molecular weight is 1610 g/mol. The fourth-order valence-electron chi connectivity index (χ4n) is 11.7. The normalized spacial score (nSPS) is 21.5. The summed E-state index contributed by atoms with van der Waals surface area (Å²) in [5.41, 5.74) is 17.8. The summed E-state index contributed by atoms with van der Waals surface area (Å²) in [5, 5.41) is 67.0. The molecule has 15 amide bonds. The van der Waals surface area contributed by atoms with Crippen LogP contribution in [0.4, 0.5) is 0 Å². The Balaban J connectivity index is 2.22. The van der Waals surface area contributed by atoms with E-state index in [0.29, 0.717) is 40.1 Å². The molecule has 0 radical (unpaired) electrons. The summed E-state index contributed by atoms with van der Waals surface area (Å²) >= 11 is 0. The summed E-state index contributed by atoms with van der Waals surface area (Å²) in [5.74, 6) is -28.4. The van der Waals surface area contributed by atoms with E-state index in [2.05, 4.69) is 77.3 Å². The first kappa shape index (κ1) is 96.3. The molecule has 0 bridgehead atoms. The Morgan fingerprint density at radius 2 is 1.16 bits per heavy atom. The van der Waals surface area contributed by atoms with E-state index in [0.717, 1.165) is 53.7 Å². The van der Waals surface area contributed by atoms with Gasteiger partial charge in [-0.25, -0.2) is 9.59 Å². The number of primary amides is 2. The average Bonchev–Trinajstić information content (AvgIpc) is 1.58. The maximum atomic E-state index is 14.9. The number of carboxylic acid groups (broad SMARTS) is 4. The lowest BCUT2D eigenvalue weighted by molar-refractivity contribution is -0.159. The maximum absolute atomic E-state index is 14.9. The Morgan fingerprint density at radius 3 is 1.73 bits per heavy atom. The zero-order chi connectivity index (χ0) is 85.8. The Labute approximate surface area is 654 Å². The number of aromatic nitrogens is 1. The highest BCUT2D eigenvalue weighted by molar-refractivity contribution is 6.02. The minimum atomic E-state index is -2.31. The van der Waals surface area contributed by atoms with Crippen LogP contribution >= 0.6 is 0 Å². The third kappa shape index (κ3) is 33.6. The first-order chi connectivity index (χ1) is 53.6. The van der Waals surface area contributed by atoms with Crippen molar-refractivity contribution in [3.8, 4) is 0 Å². The highest BCUT2D eigenvalue weighted by Crippen LogP contribution is 2.21. The number of nitrogens with two attached hydrogens (primary N) is 3. The third-order valence-electron chi connectivity index (χ3n) is 17.8. The molecule has 13 atom stereocenters. The van der Waals surface area contributed by atoms with Gasteiger partial charge in [-0.1, -0.05) is 78.0 Å². The molecule has 1 saturated heterocycles. The fourth-order valence-corrected chi connectivity index (χ4v) is 11.7. The first-order valence-corrected chi connectivity index (χ1v) is 36.8. The van der Waals surface area contributed by atoms with Crippen LogP contribution in [0.25, 0.3) is 10.9 Å². The van der Waals surface area contributed by atoms with Crippen LogP contribution in [0.15, 0.2) is 30.5 Å².